The molecule has 0 unspecified atom stereocenters. The molecular formula is C30H33N5O4. The number of hydrogen-bond acceptors (Lipinski definition) is 6. The molecule has 1 aliphatic rings. The van der Waals surface area contributed by atoms with Crippen LogP contribution in [0.25, 0.3) is 11.1 Å². The van der Waals surface area contributed by atoms with Crippen molar-refractivity contribution < 1.29 is 18.8 Å². The van der Waals surface area contributed by atoms with Crippen molar-refractivity contribution in [2.45, 2.75) is 39.7 Å². The van der Waals surface area contributed by atoms with Crippen LogP contribution in [-0.4, -0.2) is 57.7 Å². The van der Waals surface area contributed by atoms with Crippen molar-refractivity contribution in [2.75, 3.05) is 26.2 Å². The van der Waals surface area contributed by atoms with E-state index in [9.17, 15) is 9.59 Å². The van der Waals surface area contributed by atoms with Crippen molar-refractivity contribution in [3.05, 3.63) is 89.3 Å². The fourth-order valence-electron chi connectivity index (χ4n) is 4.97. The molecule has 0 saturated heterocycles. The van der Waals surface area contributed by atoms with Crippen molar-refractivity contribution in [3.8, 4) is 16.9 Å². The molecule has 0 fully saturated rings. The lowest BCUT2D eigenvalue weighted by Crippen LogP contribution is -2.40. The van der Waals surface area contributed by atoms with Crippen LogP contribution in [0.15, 0.2) is 65.7 Å². The highest BCUT2D eigenvalue weighted by Crippen LogP contribution is 2.32. The first-order valence-corrected chi connectivity index (χ1v) is 13.3. The number of nitrogens with one attached hydrogen (secondary N) is 1. The van der Waals surface area contributed by atoms with Gasteiger partial charge in [-0.15, -0.1) is 0 Å². The molecule has 2 aromatic carbocycles. The average Bonchev–Trinajstić information content (AvgIpc) is 3.57. The minimum atomic E-state index is -0.151. The van der Waals surface area contributed by atoms with Crippen molar-refractivity contribution in [1.29, 1.82) is 0 Å². The van der Waals surface area contributed by atoms with Crippen molar-refractivity contribution in [3.63, 3.8) is 0 Å². The second-order valence-electron chi connectivity index (χ2n) is 9.79. The smallest absolute Gasteiger partial charge is 0.251 e. The Labute approximate surface area is 227 Å². The van der Waals surface area contributed by atoms with Crippen LogP contribution >= 0.6 is 0 Å². The fraction of sp³-hybridized carbons (Fsp3) is 0.333. The number of aryl methyl sites for hydroxylation is 3. The second kappa shape index (κ2) is 12.0. The normalized spacial score (nSPS) is 14.2. The van der Waals surface area contributed by atoms with Crippen LogP contribution in [0, 0.1) is 13.8 Å². The lowest BCUT2D eigenvalue weighted by Gasteiger charge is -2.24. The monoisotopic (exact) mass is 527 g/mol. The molecule has 0 atom stereocenters. The van der Waals surface area contributed by atoms with E-state index in [2.05, 4.69) is 21.5 Å². The molecule has 5 rings (SSSR count). The molecule has 0 spiro atoms. The molecule has 202 valence electrons. The van der Waals surface area contributed by atoms with Crippen LogP contribution < -0.4 is 10.1 Å². The van der Waals surface area contributed by atoms with Crippen LogP contribution in [0.3, 0.4) is 0 Å². The summed E-state index contributed by atoms with van der Waals surface area (Å²) in [5.41, 5.74) is 5.38. The first-order valence-electron chi connectivity index (χ1n) is 13.3. The summed E-state index contributed by atoms with van der Waals surface area (Å²) in [6.07, 6.45) is 7.07. The molecule has 9 heteroatoms. The Morgan fingerprint density at radius 1 is 1.10 bits per heavy atom. The van der Waals surface area contributed by atoms with E-state index in [1.54, 1.807) is 23.5 Å². The standard InChI is InChI=1S/C30H33N5O4/c1-21-29(22(2)39-33-21)24-8-9-27-26(19-24)18-23-5-3-6-25(17-23)30(37)32-11-14-35(15-16-38-27)28(36)7-4-12-34-13-10-31-20-34/h3,5-6,8-10,13,17,19-20H,4,7,11-12,14-16,18H2,1-2H3,(H,32,37). The predicted octanol–water partition coefficient (Wildman–Crippen LogP) is 4.18. The zero-order valence-corrected chi connectivity index (χ0v) is 22.4. The first kappa shape index (κ1) is 26.2. The molecule has 0 saturated carbocycles. The summed E-state index contributed by atoms with van der Waals surface area (Å²) < 4.78 is 13.6. The van der Waals surface area contributed by atoms with E-state index in [1.165, 1.54) is 0 Å². The number of ether oxygens (including phenoxy) is 1. The number of benzene rings is 2. The zero-order chi connectivity index (χ0) is 27.2. The summed E-state index contributed by atoms with van der Waals surface area (Å²) in [6.45, 7) is 6.11. The Hall–Kier alpha value is -4.40. The maximum atomic E-state index is 13.1. The van der Waals surface area contributed by atoms with Gasteiger partial charge in [-0.25, -0.2) is 4.98 Å². The van der Waals surface area contributed by atoms with E-state index in [0.29, 0.717) is 51.1 Å². The molecule has 1 aliphatic heterocycles. The van der Waals surface area contributed by atoms with Gasteiger partial charge in [0.15, 0.2) is 0 Å². The van der Waals surface area contributed by atoms with Crippen molar-refractivity contribution in [1.82, 2.24) is 24.9 Å². The summed E-state index contributed by atoms with van der Waals surface area (Å²) in [7, 11) is 0. The lowest BCUT2D eigenvalue weighted by molar-refractivity contribution is -0.131. The summed E-state index contributed by atoms with van der Waals surface area (Å²) >= 11 is 0. The molecule has 3 heterocycles. The van der Waals surface area contributed by atoms with Gasteiger partial charge in [-0.1, -0.05) is 23.4 Å². The number of carbonyl (C=O) groups is 2. The Bertz CT molecular complexity index is 1420. The van der Waals surface area contributed by atoms with Gasteiger partial charge < -0.3 is 24.0 Å². The molecule has 2 bridgehead atoms. The number of aromatic nitrogens is 3. The number of imidazole rings is 1. The summed E-state index contributed by atoms with van der Waals surface area (Å²) in [5.74, 6) is 1.40. The van der Waals surface area contributed by atoms with Gasteiger partial charge in [0.05, 0.1) is 18.6 Å². The number of rotatable bonds is 5. The van der Waals surface area contributed by atoms with E-state index in [1.807, 2.05) is 54.9 Å². The van der Waals surface area contributed by atoms with Gasteiger partial charge in [0.1, 0.15) is 18.1 Å². The van der Waals surface area contributed by atoms with Gasteiger partial charge in [0.25, 0.3) is 5.91 Å². The van der Waals surface area contributed by atoms with Gasteiger partial charge in [-0.2, -0.15) is 0 Å². The molecule has 0 aliphatic carbocycles. The maximum absolute atomic E-state index is 13.1. The second-order valence-corrected chi connectivity index (χ2v) is 9.79. The minimum Gasteiger partial charge on any atom is -0.491 e. The summed E-state index contributed by atoms with van der Waals surface area (Å²) in [5, 5.41) is 7.07. The molecule has 2 aromatic heterocycles. The number of nitrogens with zero attached hydrogens (tertiary/aromatic N) is 4. The van der Waals surface area contributed by atoms with Crippen LogP contribution in [0.5, 0.6) is 5.75 Å². The Balaban J connectivity index is 1.38. The van der Waals surface area contributed by atoms with Crippen LogP contribution in [0.2, 0.25) is 0 Å². The molecule has 9 nitrogen and oxygen atoms in total. The third-order valence-corrected chi connectivity index (χ3v) is 6.97. The first-order chi connectivity index (χ1) is 19.0. The van der Waals surface area contributed by atoms with E-state index in [-0.39, 0.29) is 11.8 Å². The molecular weight excluding hydrogens is 494 g/mol. The van der Waals surface area contributed by atoms with Gasteiger partial charge in [0.2, 0.25) is 5.91 Å². The Morgan fingerprint density at radius 2 is 2.00 bits per heavy atom. The van der Waals surface area contributed by atoms with Gasteiger partial charge >= 0.3 is 0 Å². The summed E-state index contributed by atoms with van der Waals surface area (Å²) in [6, 6.07) is 13.7. The SMILES string of the molecule is Cc1noc(C)c1-c1ccc2c(c1)Cc1cccc(c1)C(=O)NCCN(C(=O)CCCn1ccnc1)CCO2. The van der Waals surface area contributed by atoms with Gasteiger partial charge in [-0.05, 0) is 61.2 Å². The highest BCUT2D eigenvalue weighted by molar-refractivity contribution is 5.94. The van der Waals surface area contributed by atoms with Crippen LogP contribution in [0.4, 0.5) is 0 Å². The topological polar surface area (TPSA) is 102 Å². The molecule has 2 amide bonds. The fourth-order valence-corrected chi connectivity index (χ4v) is 4.97. The van der Waals surface area contributed by atoms with Crippen molar-refractivity contribution >= 4 is 11.8 Å². The minimum absolute atomic E-state index is 0.0380. The van der Waals surface area contributed by atoms with Gasteiger partial charge in [-0.3, -0.25) is 9.59 Å². The Kier molecular flexibility index (Phi) is 8.05. The average molecular weight is 528 g/mol. The van der Waals surface area contributed by atoms with E-state index >= 15 is 0 Å². The highest BCUT2D eigenvalue weighted by atomic mass is 16.5. The predicted molar refractivity (Wildman–Crippen MR) is 147 cm³/mol. The number of amides is 2. The lowest BCUT2D eigenvalue weighted by atomic mass is 9.96. The molecule has 1 N–H and O–H groups in total. The third-order valence-electron chi connectivity index (χ3n) is 6.97. The van der Waals surface area contributed by atoms with Crippen LogP contribution in [-0.2, 0) is 17.8 Å². The number of hydrogen-bond donors (Lipinski definition) is 1. The zero-order valence-electron chi connectivity index (χ0n) is 22.4. The molecule has 39 heavy (non-hydrogen) atoms. The number of carbonyl (C=O) groups excluding carboxylic acids is 2. The largest absolute Gasteiger partial charge is 0.491 e. The molecule has 4 aromatic rings. The quantitative estimate of drug-likeness (QED) is 0.418. The summed E-state index contributed by atoms with van der Waals surface area (Å²) in [4.78, 5) is 31.8. The van der Waals surface area contributed by atoms with E-state index < -0.39 is 0 Å². The van der Waals surface area contributed by atoms with E-state index in [4.69, 9.17) is 9.26 Å². The Morgan fingerprint density at radius 3 is 2.79 bits per heavy atom. The highest BCUT2D eigenvalue weighted by Gasteiger charge is 2.18. The number of fused-ring (bicyclic) bond motifs is 3. The van der Waals surface area contributed by atoms with Crippen molar-refractivity contribution in [2.24, 2.45) is 0 Å². The molecule has 0 radical (unpaired) electrons. The van der Waals surface area contributed by atoms with E-state index in [0.717, 1.165) is 46.0 Å². The maximum Gasteiger partial charge on any atom is 0.251 e. The van der Waals surface area contributed by atoms with Gasteiger partial charge in [0, 0.05) is 56.0 Å². The third kappa shape index (κ3) is 6.37. The van der Waals surface area contributed by atoms with Crippen LogP contribution in [0.1, 0.15) is 45.8 Å².